The first-order valence-electron chi connectivity index (χ1n) is 6.87. The zero-order chi connectivity index (χ0) is 17.2. The van der Waals surface area contributed by atoms with Crippen molar-refractivity contribution in [3.63, 3.8) is 0 Å². The van der Waals surface area contributed by atoms with Crippen molar-refractivity contribution in [3.8, 4) is 17.2 Å². The highest BCUT2D eigenvalue weighted by atomic mass is 19.4. The van der Waals surface area contributed by atoms with Gasteiger partial charge in [0.1, 0.15) is 11.4 Å². The molecule has 0 fully saturated rings. The molecule has 8 heteroatoms. The lowest BCUT2D eigenvalue weighted by atomic mass is 10.2. The Balaban J connectivity index is 1.81. The topological polar surface area (TPSA) is 57.3 Å². The highest BCUT2D eigenvalue weighted by Crippen LogP contribution is 2.23. The van der Waals surface area contributed by atoms with E-state index in [1.807, 2.05) is 0 Å². The summed E-state index contributed by atoms with van der Waals surface area (Å²) in [5.74, 6) is 0.188. The van der Waals surface area contributed by atoms with E-state index in [0.717, 1.165) is 0 Å². The molecule has 0 spiro atoms. The Morgan fingerprint density at radius 2 is 1.83 bits per heavy atom. The Bertz CT molecular complexity index is 869. The van der Waals surface area contributed by atoms with Gasteiger partial charge in [0, 0.05) is 6.07 Å². The van der Waals surface area contributed by atoms with Crippen LogP contribution in [0.3, 0.4) is 0 Å². The molecule has 0 aliphatic carbocycles. The first-order valence-corrected chi connectivity index (χ1v) is 6.87. The van der Waals surface area contributed by atoms with E-state index >= 15 is 0 Å². The van der Waals surface area contributed by atoms with Gasteiger partial charge in [0.15, 0.2) is 5.76 Å². The highest BCUT2D eigenvalue weighted by Gasteiger charge is 2.30. The Morgan fingerprint density at radius 3 is 2.46 bits per heavy atom. The van der Waals surface area contributed by atoms with Gasteiger partial charge in [-0.2, -0.15) is 5.10 Å². The summed E-state index contributed by atoms with van der Waals surface area (Å²) in [7, 11) is 0. The summed E-state index contributed by atoms with van der Waals surface area (Å²) in [6, 6.07) is 11.5. The van der Waals surface area contributed by atoms with Crippen molar-refractivity contribution in [1.82, 2.24) is 9.78 Å². The number of ether oxygens (including phenoxy) is 1. The third-order valence-electron chi connectivity index (χ3n) is 3.13. The molecule has 0 atom stereocenters. The predicted molar refractivity (Wildman–Crippen MR) is 78.4 cm³/mol. The summed E-state index contributed by atoms with van der Waals surface area (Å²) in [4.78, 5) is 11.9. The second kappa shape index (κ2) is 6.23. The standard InChI is InChI=1S/C16H11F3N2O3/c17-16(18,19)24-12-5-3-11(4-6-12)10-21-15(22)8-7-13(20-21)14-2-1-9-23-14/h1-9H,10H2. The number of alkyl halides is 3. The van der Waals surface area contributed by atoms with Gasteiger partial charge in [-0.3, -0.25) is 4.79 Å². The van der Waals surface area contributed by atoms with Crippen molar-refractivity contribution in [2.75, 3.05) is 0 Å². The average Bonchev–Trinajstić information content (AvgIpc) is 3.04. The van der Waals surface area contributed by atoms with E-state index in [-0.39, 0.29) is 17.9 Å². The van der Waals surface area contributed by atoms with Crippen LogP contribution >= 0.6 is 0 Å². The maximum atomic E-state index is 12.1. The number of hydrogen-bond donors (Lipinski definition) is 0. The van der Waals surface area contributed by atoms with E-state index in [4.69, 9.17) is 4.42 Å². The maximum absolute atomic E-state index is 12.1. The Morgan fingerprint density at radius 1 is 1.08 bits per heavy atom. The molecular formula is C16H11F3N2O3. The second-order valence-corrected chi connectivity index (χ2v) is 4.88. The number of hydrogen-bond acceptors (Lipinski definition) is 4. The lowest BCUT2D eigenvalue weighted by Gasteiger charge is -2.10. The molecule has 2 aromatic heterocycles. The van der Waals surface area contributed by atoms with Crippen molar-refractivity contribution >= 4 is 0 Å². The van der Waals surface area contributed by atoms with Crippen LogP contribution in [0.1, 0.15) is 5.56 Å². The number of furan rings is 1. The molecule has 0 N–H and O–H groups in total. The SMILES string of the molecule is O=c1ccc(-c2ccco2)nn1Cc1ccc(OC(F)(F)F)cc1. The molecular weight excluding hydrogens is 325 g/mol. The van der Waals surface area contributed by atoms with Gasteiger partial charge in [-0.05, 0) is 35.9 Å². The minimum Gasteiger partial charge on any atom is -0.463 e. The van der Waals surface area contributed by atoms with Gasteiger partial charge in [-0.1, -0.05) is 12.1 Å². The number of benzene rings is 1. The van der Waals surface area contributed by atoms with Gasteiger partial charge in [-0.15, -0.1) is 13.2 Å². The summed E-state index contributed by atoms with van der Waals surface area (Å²) < 4.78 is 46.6. The lowest BCUT2D eigenvalue weighted by Crippen LogP contribution is -2.22. The van der Waals surface area contributed by atoms with Crippen molar-refractivity contribution in [2.24, 2.45) is 0 Å². The summed E-state index contributed by atoms with van der Waals surface area (Å²) in [6.45, 7) is 0.111. The summed E-state index contributed by atoms with van der Waals surface area (Å²) >= 11 is 0. The zero-order valence-electron chi connectivity index (χ0n) is 12.2. The fourth-order valence-corrected chi connectivity index (χ4v) is 2.09. The zero-order valence-corrected chi connectivity index (χ0v) is 12.2. The summed E-state index contributed by atoms with van der Waals surface area (Å²) in [5.41, 5.74) is 0.758. The number of aromatic nitrogens is 2. The first-order chi connectivity index (χ1) is 11.4. The quantitative estimate of drug-likeness (QED) is 0.732. The van der Waals surface area contributed by atoms with Crippen LogP contribution in [0.5, 0.6) is 5.75 Å². The summed E-state index contributed by atoms with van der Waals surface area (Å²) in [5, 5.41) is 4.19. The number of halogens is 3. The molecule has 124 valence electrons. The van der Waals surface area contributed by atoms with Crippen LogP contribution in [0, 0.1) is 0 Å². The van der Waals surface area contributed by atoms with Crippen molar-refractivity contribution in [2.45, 2.75) is 12.9 Å². The van der Waals surface area contributed by atoms with Gasteiger partial charge in [0.05, 0.1) is 12.8 Å². The van der Waals surface area contributed by atoms with Gasteiger partial charge in [0.25, 0.3) is 5.56 Å². The average molecular weight is 336 g/mol. The van der Waals surface area contributed by atoms with E-state index in [1.54, 1.807) is 12.1 Å². The normalized spacial score (nSPS) is 11.5. The molecule has 0 radical (unpaired) electrons. The molecule has 1 aromatic carbocycles. The van der Waals surface area contributed by atoms with Crippen LogP contribution in [0.2, 0.25) is 0 Å². The third kappa shape index (κ3) is 3.83. The minimum absolute atomic E-state index is 0.111. The first kappa shape index (κ1) is 15.9. The molecule has 0 saturated heterocycles. The molecule has 0 bridgehead atoms. The van der Waals surface area contributed by atoms with Crippen LogP contribution in [-0.4, -0.2) is 16.1 Å². The van der Waals surface area contributed by atoms with E-state index in [2.05, 4.69) is 9.84 Å². The van der Waals surface area contributed by atoms with E-state index < -0.39 is 6.36 Å². The van der Waals surface area contributed by atoms with Gasteiger partial charge in [-0.25, -0.2) is 4.68 Å². The van der Waals surface area contributed by atoms with Crippen molar-refractivity contribution in [3.05, 3.63) is 70.7 Å². The largest absolute Gasteiger partial charge is 0.573 e. The molecule has 3 aromatic rings. The Kier molecular flexibility index (Phi) is 4.11. The third-order valence-corrected chi connectivity index (χ3v) is 3.13. The fraction of sp³-hybridized carbons (Fsp3) is 0.125. The molecule has 3 rings (SSSR count). The van der Waals surface area contributed by atoms with Gasteiger partial charge >= 0.3 is 6.36 Å². The maximum Gasteiger partial charge on any atom is 0.573 e. The number of rotatable bonds is 4. The monoisotopic (exact) mass is 336 g/mol. The number of nitrogens with zero attached hydrogens (tertiary/aromatic N) is 2. The highest BCUT2D eigenvalue weighted by molar-refractivity contribution is 5.50. The summed E-state index contributed by atoms with van der Waals surface area (Å²) in [6.07, 6.45) is -3.25. The molecule has 0 aliphatic rings. The van der Waals surface area contributed by atoms with Crippen LogP contribution in [0.4, 0.5) is 13.2 Å². The molecule has 24 heavy (non-hydrogen) atoms. The molecule has 0 aliphatic heterocycles. The van der Waals surface area contributed by atoms with E-state index in [1.165, 1.54) is 47.3 Å². The van der Waals surface area contributed by atoms with E-state index in [9.17, 15) is 18.0 Å². The van der Waals surface area contributed by atoms with Crippen molar-refractivity contribution in [1.29, 1.82) is 0 Å². The molecule has 0 amide bonds. The van der Waals surface area contributed by atoms with Crippen LogP contribution in [-0.2, 0) is 6.54 Å². The fourth-order valence-electron chi connectivity index (χ4n) is 2.09. The lowest BCUT2D eigenvalue weighted by molar-refractivity contribution is -0.274. The van der Waals surface area contributed by atoms with E-state index in [0.29, 0.717) is 17.0 Å². The molecule has 0 unspecified atom stereocenters. The molecule has 5 nitrogen and oxygen atoms in total. The molecule has 0 saturated carbocycles. The van der Waals surface area contributed by atoms with Gasteiger partial charge < -0.3 is 9.15 Å². The molecule has 2 heterocycles. The smallest absolute Gasteiger partial charge is 0.463 e. The van der Waals surface area contributed by atoms with Crippen molar-refractivity contribution < 1.29 is 22.3 Å². The van der Waals surface area contributed by atoms with Crippen LogP contribution in [0.15, 0.2) is 64.0 Å². The Hall–Kier alpha value is -3.03. The minimum atomic E-state index is -4.74. The van der Waals surface area contributed by atoms with Gasteiger partial charge in [0.2, 0.25) is 0 Å². The predicted octanol–water partition coefficient (Wildman–Crippen LogP) is 3.45. The Labute approximate surface area is 133 Å². The second-order valence-electron chi connectivity index (χ2n) is 4.88. The van der Waals surface area contributed by atoms with Crippen LogP contribution in [0.25, 0.3) is 11.5 Å². The van der Waals surface area contributed by atoms with Crippen LogP contribution < -0.4 is 10.3 Å².